The molecule has 0 spiro atoms. The molecule has 2 heterocycles. The maximum Gasteiger partial charge on any atom is 0.151 e. The molecule has 0 bridgehead atoms. The van der Waals surface area contributed by atoms with Gasteiger partial charge in [-0.3, -0.25) is 0 Å². The van der Waals surface area contributed by atoms with Crippen LogP contribution in [0, 0.1) is 6.92 Å². The smallest absolute Gasteiger partial charge is 0.151 e. The summed E-state index contributed by atoms with van der Waals surface area (Å²) in [5, 5.41) is 11.0. The van der Waals surface area contributed by atoms with Crippen LogP contribution < -0.4 is 5.32 Å². The monoisotopic (exact) mass is 223 g/mol. The summed E-state index contributed by atoms with van der Waals surface area (Å²) in [6.45, 7) is 2.54. The number of H-pyrrole nitrogens is 1. The maximum atomic E-state index is 5.61. The summed E-state index contributed by atoms with van der Waals surface area (Å²) >= 11 is 5.61. The van der Waals surface area contributed by atoms with Crippen molar-refractivity contribution in [3.05, 3.63) is 35.0 Å². The summed E-state index contributed by atoms with van der Waals surface area (Å²) in [7, 11) is 0. The molecule has 0 radical (unpaired) electrons. The molecule has 2 aromatic rings. The van der Waals surface area contributed by atoms with Gasteiger partial charge < -0.3 is 10.3 Å². The van der Waals surface area contributed by atoms with Crippen molar-refractivity contribution >= 4 is 17.4 Å². The molecule has 5 nitrogen and oxygen atoms in total. The fourth-order valence-electron chi connectivity index (χ4n) is 1.14. The molecular weight excluding hydrogens is 214 g/mol. The molecule has 0 aromatic carbocycles. The standard InChI is InChI=1S/C9H10ClN5/c1-6-4-11-9(13-6)5-12-8-3-2-7(10)14-15-8/h2-4H,5H2,1H3,(H,11,13)(H,12,15). The average molecular weight is 224 g/mol. The molecule has 0 saturated carbocycles. The second kappa shape index (κ2) is 4.27. The molecular formula is C9H10ClN5. The Balaban J connectivity index is 1.96. The number of aryl methyl sites for hydroxylation is 1. The van der Waals surface area contributed by atoms with E-state index in [-0.39, 0.29) is 0 Å². The maximum absolute atomic E-state index is 5.61. The van der Waals surface area contributed by atoms with Gasteiger partial charge in [-0.1, -0.05) is 11.6 Å². The summed E-state index contributed by atoms with van der Waals surface area (Å²) in [4.78, 5) is 7.27. The molecule has 0 atom stereocenters. The van der Waals surface area contributed by atoms with Crippen LogP contribution in [0.15, 0.2) is 18.3 Å². The van der Waals surface area contributed by atoms with E-state index in [1.807, 2.05) is 6.92 Å². The zero-order chi connectivity index (χ0) is 10.7. The number of halogens is 1. The summed E-state index contributed by atoms with van der Waals surface area (Å²) in [6, 6.07) is 3.45. The van der Waals surface area contributed by atoms with Crippen molar-refractivity contribution in [2.24, 2.45) is 0 Å². The minimum Gasteiger partial charge on any atom is -0.361 e. The molecule has 0 unspecified atom stereocenters. The molecule has 0 aliphatic carbocycles. The van der Waals surface area contributed by atoms with Crippen molar-refractivity contribution in [3.8, 4) is 0 Å². The van der Waals surface area contributed by atoms with E-state index in [9.17, 15) is 0 Å². The highest BCUT2D eigenvalue weighted by atomic mass is 35.5. The lowest BCUT2D eigenvalue weighted by atomic mass is 10.5. The molecule has 15 heavy (non-hydrogen) atoms. The van der Waals surface area contributed by atoms with Crippen LogP contribution in [-0.4, -0.2) is 20.2 Å². The minimum absolute atomic E-state index is 0.384. The molecule has 0 aliphatic rings. The lowest BCUT2D eigenvalue weighted by Gasteiger charge is -2.01. The van der Waals surface area contributed by atoms with Gasteiger partial charge in [0.15, 0.2) is 5.15 Å². The van der Waals surface area contributed by atoms with Crippen LogP contribution in [0.1, 0.15) is 11.5 Å². The number of nitrogens with one attached hydrogen (secondary N) is 2. The van der Waals surface area contributed by atoms with E-state index < -0.39 is 0 Å². The van der Waals surface area contributed by atoms with Gasteiger partial charge in [0.2, 0.25) is 0 Å². The first-order valence-corrected chi connectivity index (χ1v) is 4.85. The Bertz CT molecular complexity index is 436. The normalized spacial score (nSPS) is 10.3. The van der Waals surface area contributed by atoms with E-state index in [2.05, 4.69) is 25.5 Å². The summed E-state index contributed by atoms with van der Waals surface area (Å²) in [5.41, 5.74) is 1.04. The third-order valence-corrected chi connectivity index (χ3v) is 2.03. The Morgan fingerprint density at radius 2 is 2.27 bits per heavy atom. The Kier molecular flexibility index (Phi) is 2.82. The zero-order valence-electron chi connectivity index (χ0n) is 8.16. The highest BCUT2D eigenvalue weighted by Crippen LogP contribution is 2.06. The molecule has 2 N–H and O–H groups in total. The van der Waals surface area contributed by atoms with Gasteiger partial charge in [0.05, 0.1) is 6.54 Å². The number of hydrogen-bond acceptors (Lipinski definition) is 4. The van der Waals surface area contributed by atoms with Crippen molar-refractivity contribution in [3.63, 3.8) is 0 Å². The van der Waals surface area contributed by atoms with Crippen LogP contribution >= 0.6 is 11.6 Å². The second-order valence-corrected chi connectivity index (χ2v) is 3.50. The average Bonchev–Trinajstić information content (AvgIpc) is 2.64. The quantitative estimate of drug-likeness (QED) is 0.833. The minimum atomic E-state index is 0.384. The van der Waals surface area contributed by atoms with E-state index in [1.165, 1.54) is 0 Å². The molecule has 78 valence electrons. The van der Waals surface area contributed by atoms with Gasteiger partial charge in [-0.15, -0.1) is 10.2 Å². The number of aromatic amines is 1. The molecule has 2 rings (SSSR count). The molecule has 6 heteroatoms. The van der Waals surface area contributed by atoms with Gasteiger partial charge in [0.25, 0.3) is 0 Å². The number of rotatable bonds is 3. The fourth-order valence-corrected chi connectivity index (χ4v) is 1.24. The van der Waals surface area contributed by atoms with E-state index in [0.717, 1.165) is 11.5 Å². The van der Waals surface area contributed by atoms with Gasteiger partial charge in [-0.2, -0.15) is 0 Å². The van der Waals surface area contributed by atoms with E-state index >= 15 is 0 Å². The molecule has 0 aliphatic heterocycles. The third-order valence-electron chi connectivity index (χ3n) is 1.82. The SMILES string of the molecule is Cc1cnc(CNc2ccc(Cl)nn2)[nH]1. The van der Waals surface area contributed by atoms with Crippen LogP contribution in [-0.2, 0) is 6.54 Å². The Morgan fingerprint density at radius 3 is 2.87 bits per heavy atom. The van der Waals surface area contributed by atoms with Gasteiger partial charge in [0.1, 0.15) is 11.6 Å². The number of nitrogens with zero attached hydrogens (tertiary/aromatic N) is 3. The topological polar surface area (TPSA) is 66.5 Å². The second-order valence-electron chi connectivity index (χ2n) is 3.11. The van der Waals surface area contributed by atoms with E-state index in [0.29, 0.717) is 17.5 Å². The summed E-state index contributed by atoms with van der Waals surface area (Å²) in [6.07, 6.45) is 1.78. The van der Waals surface area contributed by atoms with Crippen LogP contribution in [0.5, 0.6) is 0 Å². The Morgan fingerprint density at radius 1 is 1.40 bits per heavy atom. The van der Waals surface area contributed by atoms with Gasteiger partial charge in [-0.25, -0.2) is 4.98 Å². The van der Waals surface area contributed by atoms with Crippen LogP contribution in [0.3, 0.4) is 0 Å². The van der Waals surface area contributed by atoms with Gasteiger partial charge >= 0.3 is 0 Å². The highest BCUT2D eigenvalue weighted by molar-refractivity contribution is 6.29. The number of hydrogen-bond donors (Lipinski definition) is 2. The first kappa shape index (κ1) is 9.92. The van der Waals surface area contributed by atoms with Crippen molar-refractivity contribution < 1.29 is 0 Å². The molecule has 0 amide bonds. The summed E-state index contributed by atoms with van der Waals surface area (Å²) < 4.78 is 0. The third kappa shape index (κ3) is 2.66. The molecule has 0 fully saturated rings. The van der Waals surface area contributed by atoms with Gasteiger partial charge in [-0.05, 0) is 19.1 Å². The number of anilines is 1. The lowest BCUT2D eigenvalue weighted by Crippen LogP contribution is -2.03. The first-order chi connectivity index (χ1) is 7.24. The summed E-state index contributed by atoms with van der Waals surface area (Å²) in [5.74, 6) is 1.54. The highest BCUT2D eigenvalue weighted by Gasteiger charge is 1.98. The van der Waals surface area contributed by atoms with Gasteiger partial charge in [0, 0.05) is 11.9 Å². The zero-order valence-corrected chi connectivity index (χ0v) is 8.91. The van der Waals surface area contributed by atoms with Crippen molar-refractivity contribution in [2.75, 3.05) is 5.32 Å². The lowest BCUT2D eigenvalue weighted by molar-refractivity contribution is 0.952. The Labute approximate surface area is 91.9 Å². The van der Waals surface area contributed by atoms with Crippen molar-refractivity contribution in [2.45, 2.75) is 13.5 Å². The van der Waals surface area contributed by atoms with Crippen LogP contribution in [0.2, 0.25) is 5.15 Å². The predicted molar refractivity (Wildman–Crippen MR) is 57.7 cm³/mol. The van der Waals surface area contributed by atoms with Crippen LogP contribution in [0.4, 0.5) is 5.82 Å². The van der Waals surface area contributed by atoms with Crippen molar-refractivity contribution in [1.29, 1.82) is 0 Å². The Hall–Kier alpha value is -1.62. The predicted octanol–water partition coefficient (Wildman–Crippen LogP) is 1.77. The fraction of sp³-hybridized carbons (Fsp3) is 0.222. The largest absolute Gasteiger partial charge is 0.361 e. The van der Waals surface area contributed by atoms with E-state index in [4.69, 9.17) is 11.6 Å². The van der Waals surface area contributed by atoms with E-state index in [1.54, 1.807) is 18.3 Å². The van der Waals surface area contributed by atoms with Crippen LogP contribution in [0.25, 0.3) is 0 Å². The van der Waals surface area contributed by atoms with Crippen molar-refractivity contribution in [1.82, 2.24) is 20.2 Å². The molecule has 0 saturated heterocycles. The number of aromatic nitrogens is 4. The first-order valence-electron chi connectivity index (χ1n) is 4.47. The number of imidazole rings is 1. The molecule has 2 aromatic heterocycles.